The van der Waals surface area contributed by atoms with E-state index < -0.39 is 0 Å². The number of halogens is 1. The molecule has 0 fully saturated rings. The quantitative estimate of drug-likeness (QED) is 0.384. The van der Waals surface area contributed by atoms with Crippen LogP contribution in [0.15, 0.2) is 64.2 Å². The summed E-state index contributed by atoms with van der Waals surface area (Å²) in [5.74, 6) is 0.497. The van der Waals surface area contributed by atoms with Crippen LogP contribution in [0.1, 0.15) is 40.7 Å². The second-order valence-corrected chi connectivity index (χ2v) is 7.63. The van der Waals surface area contributed by atoms with Crippen LogP contribution in [0.25, 0.3) is 5.69 Å². The first-order valence-electron chi connectivity index (χ1n) is 9.50. The van der Waals surface area contributed by atoms with Crippen LogP contribution in [-0.4, -0.2) is 23.3 Å². The molecule has 0 unspecified atom stereocenters. The molecule has 1 amide bonds. The lowest BCUT2D eigenvalue weighted by Crippen LogP contribution is -2.17. The summed E-state index contributed by atoms with van der Waals surface area (Å²) in [6.07, 6.45) is 2.62. The van der Waals surface area contributed by atoms with Gasteiger partial charge in [-0.3, -0.25) is 4.79 Å². The number of nitrogens with one attached hydrogen (secondary N) is 1. The lowest BCUT2D eigenvalue weighted by atomic mass is 10.2. The molecule has 0 aliphatic rings. The van der Waals surface area contributed by atoms with Crippen molar-refractivity contribution in [3.63, 3.8) is 0 Å². The fourth-order valence-corrected chi connectivity index (χ4v) is 3.32. The monoisotopic (exact) mass is 453 g/mol. The number of ether oxygens (including phenoxy) is 1. The Labute approximate surface area is 179 Å². The summed E-state index contributed by atoms with van der Waals surface area (Å²) >= 11 is 3.46. The third-order valence-electron chi connectivity index (χ3n) is 4.51. The molecule has 1 heterocycles. The molecule has 1 aromatic heterocycles. The van der Waals surface area contributed by atoms with Gasteiger partial charge < -0.3 is 9.30 Å². The van der Waals surface area contributed by atoms with Crippen molar-refractivity contribution in [2.24, 2.45) is 5.10 Å². The predicted molar refractivity (Wildman–Crippen MR) is 120 cm³/mol. The molecule has 0 atom stereocenters. The molecular formula is C23H24BrN3O2. The van der Waals surface area contributed by atoms with Crippen LogP contribution in [0.2, 0.25) is 0 Å². The molecule has 3 aromatic rings. The van der Waals surface area contributed by atoms with E-state index in [1.165, 1.54) is 0 Å². The second kappa shape index (κ2) is 9.56. The van der Waals surface area contributed by atoms with Gasteiger partial charge in [0.2, 0.25) is 0 Å². The predicted octanol–water partition coefficient (Wildman–Crippen LogP) is 5.41. The van der Waals surface area contributed by atoms with Gasteiger partial charge in [0.15, 0.2) is 0 Å². The summed E-state index contributed by atoms with van der Waals surface area (Å²) < 4.78 is 8.73. The van der Waals surface area contributed by atoms with Gasteiger partial charge in [-0.2, -0.15) is 5.10 Å². The Morgan fingerprint density at radius 3 is 2.48 bits per heavy atom. The van der Waals surface area contributed by atoms with E-state index in [9.17, 15) is 4.79 Å². The number of hydrogen-bond acceptors (Lipinski definition) is 3. The Kier molecular flexibility index (Phi) is 6.88. The maximum absolute atomic E-state index is 12.3. The third-order valence-corrected chi connectivity index (χ3v) is 5.04. The molecule has 0 bridgehead atoms. The van der Waals surface area contributed by atoms with Crippen molar-refractivity contribution < 1.29 is 9.53 Å². The number of aromatic nitrogens is 1. The highest BCUT2D eigenvalue weighted by molar-refractivity contribution is 9.10. The van der Waals surface area contributed by atoms with E-state index in [4.69, 9.17) is 4.74 Å². The first kappa shape index (κ1) is 20.9. The van der Waals surface area contributed by atoms with Crippen LogP contribution in [-0.2, 0) is 0 Å². The molecule has 0 saturated heterocycles. The van der Waals surface area contributed by atoms with Crippen LogP contribution in [0.3, 0.4) is 0 Å². The van der Waals surface area contributed by atoms with Gasteiger partial charge in [-0.25, -0.2) is 5.43 Å². The normalized spacial score (nSPS) is 11.0. The lowest BCUT2D eigenvalue weighted by molar-refractivity contribution is 0.0955. The van der Waals surface area contributed by atoms with Gasteiger partial charge in [0, 0.05) is 32.7 Å². The third kappa shape index (κ3) is 5.15. The number of hydrogen-bond donors (Lipinski definition) is 1. The summed E-state index contributed by atoms with van der Waals surface area (Å²) in [4.78, 5) is 12.3. The number of aryl methyl sites for hydroxylation is 1. The Balaban J connectivity index is 1.68. The highest BCUT2D eigenvalue weighted by Gasteiger charge is 2.10. The number of benzene rings is 2. The molecule has 1 N–H and O–H groups in total. The molecule has 150 valence electrons. The minimum Gasteiger partial charge on any atom is -0.494 e. The summed E-state index contributed by atoms with van der Waals surface area (Å²) in [5, 5.41) is 4.14. The minimum absolute atomic E-state index is 0.259. The van der Waals surface area contributed by atoms with E-state index in [1.807, 2.05) is 32.0 Å². The number of rotatable bonds is 7. The molecule has 5 nitrogen and oxygen atoms in total. The van der Waals surface area contributed by atoms with Gasteiger partial charge in [0.25, 0.3) is 5.91 Å². The minimum atomic E-state index is -0.259. The van der Waals surface area contributed by atoms with E-state index in [2.05, 4.69) is 50.1 Å². The van der Waals surface area contributed by atoms with Crippen molar-refractivity contribution >= 4 is 28.1 Å². The summed E-state index contributed by atoms with van der Waals surface area (Å²) in [6, 6.07) is 17.2. The molecule has 0 spiro atoms. The lowest BCUT2D eigenvalue weighted by Gasteiger charge is -2.09. The molecule has 29 heavy (non-hydrogen) atoms. The van der Waals surface area contributed by atoms with Crippen molar-refractivity contribution in [3.8, 4) is 11.4 Å². The average Bonchev–Trinajstić information content (AvgIpc) is 3.00. The van der Waals surface area contributed by atoms with E-state index in [1.54, 1.807) is 30.5 Å². The van der Waals surface area contributed by atoms with Crippen LogP contribution in [0, 0.1) is 13.8 Å². The maximum atomic E-state index is 12.3. The van der Waals surface area contributed by atoms with Crippen molar-refractivity contribution in [2.75, 3.05) is 6.61 Å². The topological polar surface area (TPSA) is 55.6 Å². The highest BCUT2D eigenvalue weighted by Crippen LogP contribution is 2.21. The Morgan fingerprint density at radius 2 is 1.83 bits per heavy atom. The zero-order chi connectivity index (χ0) is 20.8. The molecular weight excluding hydrogens is 430 g/mol. The number of amides is 1. The first-order valence-corrected chi connectivity index (χ1v) is 10.3. The number of nitrogens with zero attached hydrogens (tertiary/aromatic N) is 2. The summed E-state index contributed by atoms with van der Waals surface area (Å²) in [7, 11) is 0. The van der Waals surface area contributed by atoms with Crippen LogP contribution in [0.4, 0.5) is 0 Å². The van der Waals surface area contributed by atoms with Crippen LogP contribution >= 0.6 is 15.9 Å². The van der Waals surface area contributed by atoms with Gasteiger partial charge in [0.05, 0.1) is 12.8 Å². The highest BCUT2D eigenvalue weighted by atomic mass is 79.9. The fourth-order valence-electron chi connectivity index (χ4n) is 3.05. The average molecular weight is 454 g/mol. The van der Waals surface area contributed by atoms with Crippen LogP contribution < -0.4 is 10.2 Å². The van der Waals surface area contributed by atoms with E-state index in [-0.39, 0.29) is 5.91 Å². The van der Waals surface area contributed by atoms with Gasteiger partial charge in [-0.1, -0.05) is 22.9 Å². The first-order chi connectivity index (χ1) is 14.0. The summed E-state index contributed by atoms with van der Waals surface area (Å²) in [5.41, 5.74) is 7.31. The second-order valence-electron chi connectivity index (χ2n) is 6.71. The molecule has 0 aliphatic carbocycles. The fraction of sp³-hybridized carbons (Fsp3) is 0.217. The Hall–Kier alpha value is -2.86. The Bertz CT molecular complexity index is 1010. The molecule has 0 radical (unpaired) electrons. The number of hydrazone groups is 1. The smallest absolute Gasteiger partial charge is 0.271 e. The van der Waals surface area contributed by atoms with Gasteiger partial charge in [0.1, 0.15) is 5.75 Å². The van der Waals surface area contributed by atoms with Gasteiger partial charge in [-0.15, -0.1) is 0 Å². The van der Waals surface area contributed by atoms with Crippen molar-refractivity contribution in [3.05, 3.63) is 81.6 Å². The Morgan fingerprint density at radius 1 is 1.14 bits per heavy atom. The SMILES string of the molecule is CCCOc1ccc(C(=O)N/N=C\c2cc(C)n(-c3ccc(Br)cc3)c2C)cc1. The summed E-state index contributed by atoms with van der Waals surface area (Å²) in [6.45, 7) is 6.80. The van der Waals surface area contributed by atoms with Crippen LogP contribution in [0.5, 0.6) is 5.75 Å². The maximum Gasteiger partial charge on any atom is 0.271 e. The molecule has 2 aromatic carbocycles. The number of carbonyl (C=O) groups is 1. The number of carbonyl (C=O) groups excluding carboxylic acids is 1. The van der Waals surface area contributed by atoms with Crippen molar-refractivity contribution in [2.45, 2.75) is 27.2 Å². The van der Waals surface area contributed by atoms with Crippen molar-refractivity contribution in [1.29, 1.82) is 0 Å². The van der Waals surface area contributed by atoms with E-state index >= 15 is 0 Å². The van der Waals surface area contributed by atoms with E-state index in [0.29, 0.717) is 12.2 Å². The zero-order valence-corrected chi connectivity index (χ0v) is 18.4. The molecule has 0 saturated carbocycles. The largest absolute Gasteiger partial charge is 0.494 e. The zero-order valence-electron chi connectivity index (χ0n) is 16.8. The van der Waals surface area contributed by atoms with Gasteiger partial charge in [-0.05, 0) is 74.9 Å². The standard InChI is InChI=1S/C23H24BrN3O2/c1-4-13-29-22-11-5-18(6-12-22)23(28)26-25-15-19-14-16(2)27(17(19)3)21-9-7-20(24)8-10-21/h5-12,14-15H,4,13H2,1-3H3,(H,26,28)/b25-15-. The molecule has 0 aliphatic heterocycles. The van der Waals surface area contributed by atoms with Crippen molar-refractivity contribution in [1.82, 2.24) is 9.99 Å². The molecule has 6 heteroatoms. The van der Waals surface area contributed by atoms with E-state index in [0.717, 1.165) is 39.3 Å². The van der Waals surface area contributed by atoms with Gasteiger partial charge >= 0.3 is 0 Å². The molecule has 3 rings (SSSR count).